The van der Waals surface area contributed by atoms with Gasteiger partial charge in [0.05, 0.1) is 11.6 Å². The van der Waals surface area contributed by atoms with Crippen molar-refractivity contribution in [2.45, 2.75) is 6.42 Å². The summed E-state index contributed by atoms with van der Waals surface area (Å²) in [6, 6.07) is 6.00. The maximum Gasteiger partial charge on any atom is 0.335 e. The molecule has 0 heterocycles. The number of hydrogen-bond acceptors (Lipinski definition) is 3. The number of nitriles is 1. The lowest BCUT2D eigenvalue weighted by Gasteiger charge is -2.05. The fourth-order valence-electron chi connectivity index (χ4n) is 1.06. The van der Waals surface area contributed by atoms with Gasteiger partial charge in [-0.15, -0.1) is 0 Å². The molecular formula is C10H7BrN2O3. The van der Waals surface area contributed by atoms with Crippen molar-refractivity contribution in [1.82, 2.24) is 0 Å². The van der Waals surface area contributed by atoms with Crippen molar-refractivity contribution in [3.05, 3.63) is 28.2 Å². The van der Waals surface area contributed by atoms with Crippen molar-refractivity contribution in [2.75, 3.05) is 5.32 Å². The highest BCUT2D eigenvalue weighted by Crippen LogP contribution is 2.19. The Morgan fingerprint density at radius 1 is 1.44 bits per heavy atom. The van der Waals surface area contributed by atoms with Gasteiger partial charge in [0.2, 0.25) is 5.91 Å². The van der Waals surface area contributed by atoms with Gasteiger partial charge in [-0.2, -0.15) is 5.26 Å². The van der Waals surface area contributed by atoms with Crippen LogP contribution in [-0.2, 0) is 4.79 Å². The Morgan fingerprint density at radius 2 is 2.12 bits per heavy atom. The highest BCUT2D eigenvalue weighted by molar-refractivity contribution is 9.10. The van der Waals surface area contributed by atoms with E-state index in [9.17, 15) is 9.59 Å². The van der Waals surface area contributed by atoms with Crippen LogP contribution in [0.1, 0.15) is 16.8 Å². The lowest BCUT2D eigenvalue weighted by Crippen LogP contribution is -2.10. The quantitative estimate of drug-likeness (QED) is 0.887. The van der Waals surface area contributed by atoms with E-state index in [1.165, 1.54) is 12.1 Å². The minimum Gasteiger partial charge on any atom is -0.478 e. The van der Waals surface area contributed by atoms with Gasteiger partial charge in [0.1, 0.15) is 6.42 Å². The molecular weight excluding hydrogens is 276 g/mol. The van der Waals surface area contributed by atoms with Gasteiger partial charge in [0.25, 0.3) is 0 Å². The summed E-state index contributed by atoms with van der Waals surface area (Å²) in [4.78, 5) is 21.8. The van der Waals surface area contributed by atoms with E-state index < -0.39 is 11.9 Å². The Kier molecular flexibility index (Phi) is 4.03. The third-order valence-electron chi connectivity index (χ3n) is 1.67. The number of carbonyl (C=O) groups is 2. The molecule has 0 saturated heterocycles. The lowest BCUT2D eigenvalue weighted by atomic mass is 10.2. The van der Waals surface area contributed by atoms with E-state index in [2.05, 4.69) is 21.2 Å². The van der Waals surface area contributed by atoms with Gasteiger partial charge in [-0.05, 0) is 18.2 Å². The van der Waals surface area contributed by atoms with Gasteiger partial charge in [-0.1, -0.05) is 15.9 Å². The van der Waals surface area contributed by atoms with E-state index in [1.807, 2.05) is 0 Å². The molecule has 0 aliphatic carbocycles. The predicted octanol–water partition coefficient (Wildman–Crippen LogP) is 2.00. The molecule has 1 rings (SSSR count). The van der Waals surface area contributed by atoms with E-state index in [1.54, 1.807) is 12.1 Å². The number of aromatic carboxylic acids is 1. The van der Waals surface area contributed by atoms with Crippen LogP contribution in [0.5, 0.6) is 0 Å². The monoisotopic (exact) mass is 282 g/mol. The van der Waals surface area contributed by atoms with Gasteiger partial charge in [-0.3, -0.25) is 4.79 Å². The Morgan fingerprint density at radius 3 is 2.69 bits per heavy atom. The van der Waals surface area contributed by atoms with Crippen LogP contribution in [0.2, 0.25) is 0 Å². The molecule has 0 fully saturated rings. The standard InChI is InChI=1S/C10H7BrN2O3/c11-7-3-6(10(15)16)4-8(5-7)13-9(14)1-2-12/h3-5H,1H2,(H,13,14)(H,15,16). The van der Waals surface area contributed by atoms with Crippen LogP contribution in [-0.4, -0.2) is 17.0 Å². The van der Waals surface area contributed by atoms with E-state index in [4.69, 9.17) is 10.4 Å². The second-order valence-electron chi connectivity index (χ2n) is 2.92. The molecule has 0 atom stereocenters. The van der Waals surface area contributed by atoms with Crippen molar-refractivity contribution >= 4 is 33.5 Å². The van der Waals surface area contributed by atoms with Crippen molar-refractivity contribution < 1.29 is 14.7 Å². The summed E-state index contributed by atoms with van der Waals surface area (Å²) in [5.74, 6) is -1.56. The molecule has 1 aromatic rings. The zero-order chi connectivity index (χ0) is 12.1. The molecule has 1 amide bonds. The number of benzene rings is 1. The normalized spacial score (nSPS) is 9.25. The molecule has 0 aliphatic rings. The lowest BCUT2D eigenvalue weighted by molar-refractivity contribution is -0.115. The van der Waals surface area contributed by atoms with E-state index in [0.29, 0.717) is 10.2 Å². The predicted molar refractivity (Wildman–Crippen MR) is 60.0 cm³/mol. The number of rotatable bonds is 3. The van der Waals surface area contributed by atoms with Crippen LogP contribution < -0.4 is 5.32 Å². The van der Waals surface area contributed by atoms with Crippen LogP contribution in [0, 0.1) is 11.3 Å². The topological polar surface area (TPSA) is 90.2 Å². The smallest absolute Gasteiger partial charge is 0.335 e. The Balaban J connectivity index is 2.93. The van der Waals surface area contributed by atoms with Crippen LogP contribution in [0.15, 0.2) is 22.7 Å². The summed E-state index contributed by atoms with van der Waals surface area (Å²) >= 11 is 3.13. The van der Waals surface area contributed by atoms with Crippen molar-refractivity contribution in [1.29, 1.82) is 5.26 Å². The SMILES string of the molecule is N#CCC(=O)Nc1cc(Br)cc(C(=O)O)c1. The summed E-state index contributed by atoms with van der Waals surface area (Å²) in [6.45, 7) is 0. The summed E-state index contributed by atoms with van der Waals surface area (Å²) in [5, 5.41) is 19.5. The summed E-state index contributed by atoms with van der Waals surface area (Å²) in [6.07, 6.45) is -0.269. The molecule has 5 nitrogen and oxygen atoms in total. The zero-order valence-electron chi connectivity index (χ0n) is 8.03. The van der Waals surface area contributed by atoms with Crippen molar-refractivity contribution in [3.8, 4) is 6.07 Å². The number of hydrogen-bond donors (Lipinski definition) is 2. The summed E-state index contributed by atoms with van der Waals surface area (Å²) in [5.41, 5.74) is 0.397. The second-order valence-corrected chi connectivity index (χ2v) is 3.83. The number of amides is 1. The molecule has 6 heteroatoms. The van der Waals surface area contributed by atoms with Crippen LogP contribution >= 0.6 is 15.9 Å². The molecule has 2 N–H and O–H groups in total. The minimum absolute atomic E-state index is 0.0571. The van der Waals surface area contributed by atoms with Crippen LogP contribution in [0.25, 0.3) is 0 Å². The third kappa shape index (κ3) is 3.37. The van der Waals surface area contributed by atoms with Gasteiger partial charge in [-0.25, -0.2) is 4.79 Å². The maximum atomic E-state index is 11.1. The van der Waals surface area contributed by atoms with Crippen molar-refractivity contribution in [2.24, 2.45) is 0 Å². The number of carboxylic acid groups (broad SMARTS) is 1. The average molecular weight is 283 g/mol. The second kappa shape index (κ2) is 5.28. The molecule has 0 bridgehead atoms. The molecule has 0 aromatic heterocycles. The third-order valence-corrected chi connectivity index (χ3v) is 2.13. The van der Waals surface area contributed by atoms with E-state index in [0.717, 1.165) is 0 Å². The first-order chi connectivity index (χ1) is 7.52. The van der Waals surface area contributed by atoms with Gasteiger partial charge >= 0.3 is 5.97 Å². The number of carbonyl (C=O) groups excluding carboxylic acids is 1. The first kappa shape index (κ1) is 12.2. The first-order valence-electron chi connectivity index (χ1n) is 4.23. The summed E-state index contributed by atoms with van der Waals surface area (Å²) < 4.78 is 0.541. The number of anilines is 1. The number of carboxylic acids is 1. The van der Waals surface area contributed by atoms with Gasteiger partial charge in [0.15, 0.2) is 0 Å². The van der Waals surface area contributed by atoms with E-state index in [-0.39, 0.29) is 12.0 Å². The molecule has 1 aromatic carbocycles. The fourth-order valence-corrected chi connectivity index (χ4v) is 1.56. The Bertz CT molecular complexity index is 479. The fraction of sp³-hybridized carbons (Fsp3) is 0.100. The molecule has 0 spiro atoms. The molecule has 0 unspecified atom stereocenters. The maximum absolute atomic E-state index is 11.1. The molecule has 0 saturated carbocycles. The van der Waals surface area contributed by atoms with Crippen LogP contribution in [0.4, 0.5) is 5.69 Å². The van der Waals surface area contributed by atoms with Gasteiger partial charge in [0, 0.05) is 10.2 Å². The highest BCUT2D eigenvalue weighted by Gasteiger charge is 2.08. The summed E-state index contributed by atoms with van der Waals surface area (Å²) in [7, 11) is 0. The molecule has 16 heavy (non-hydrogen) atoms. The number of halogens is 1. The molecule has 0 aliphatic heterocycles. The molecule has 82 valence electrons. The minimum atomic E-state index is -1.09. The van der Waals surface area contributed by atoms with Crippen LogP contribution in [0.3, 0.4) is 0 Å². The Labute approximate surface area is 99.8 Å². The highest BCUT2D eigenvalue weighted by atomic mass is 79.9. The van der Waals surface area contributed by atoms with Gasteiger partial charge < -0.3 is 10.4 Å². The number of nitrogens with one attached hydrogen (secondary N) is 1. The number of nitrogens with zero attached hydrogens (tertiary/aromatic N) is 1. The van der Waals surface area contributed by atoms with E-state index >= 15 is 0 Å². The average Bonchev–Trinajstić information content (AvgIpc) is 2.16. The first-order valence-corrected chi connectivity index (χ1v) is 5.03. The molecule has 0 radical (unpaired) electrons. The largest absolute Gasteiger partial charge is 0.478 e. The Hall–Kier alpha value is -1.87. The zero-order valence-corrected chi connectivity index (χ0v) is 9.61. The van der Waals surface area contributed by atoms with Crippen molar-refractivity contribution in [3.63, 3.8) is 0 Å².